The number of aryl methyl sites for hydroxylation is 1. The number of aliphatic hydroxyl groups excluding tert-OH is 1. The molecule has 1 aliphatic carbocycles. The summed E-state index contributed by atoms with van der Waals surface area (Å²) in [5.41, 5.74) is 4.19. The minimum Gasteiger partial charge on any atom is -0.653 e. The van der Waals surface area contributed by atoms with Crippen LogP contribution in [0.4, 0.5) is 0 Å². The fourth-order valence-corrected chi connectivity index (χ4v) is 8.04. The summed E-state index contributed by atoms with van der Waals surface area (Å²) >= 11 is 1.89. The number of hydrogen-bond acceptors (Lipinski definition) is 5. The smallest absolute Gasteiger partial charge is 0.162 e. The Kier molecular flexibility index (Phi) is 11.4. The van der Waals surface area contributed by atoms with E-state index in [-0.39, 0.29) is 55.8 Å². The number of carbonyl (C=O) groups is 1. The molecule has 3 aliphatic heterocycles. The van der Waals surface area contributed by atoms with Crippen LogP contribution in [0.5, 0.6) is 0 Å². The average molecular weight is 764 g/mol. The van der Waals surface area contributed by atoms with Crippen molar-refractivity contribution in [3.8, 4) is 0 Å². The van der Waals surface area contributed by atoms with E-state index in [9.17, 15) is 9.90 Å². The van der Waals surface area contributed by atoms with Crippen molar-refractivity contribution < 1.29 is 38.9 Å². The van der Waals surface area contributed by atoms with E-state index in [1.54, 1.807) is 0 Å². The second-order valence-corrected chi connectivity index (χ2v) is 13.3. The predicted octanol–water partition coefficient (Wildman–Crippen LogP) is 8.64. The van der Waals surface area contributed by atoms with E-state index in [1.165, 1.54) is 32.5 Å². The summed E-state index contributed by atoms with van der Waals surface area (Å²) in [5, 5.41) is 18.1. The van der Waals surface area contributed by atoms with Gasteiger partial charge in [-0.2, -0.15) is 5.57 Å². The summed E-state index contributed by atoms with van der Waals surface area (Å²) in [6, 6.07) is -0.281. The van der Waals surface area contributed by atoms with Gasteiger partial charge in [-0.1, -0.05) is 34.1 Å². The number of ether oxygens (including phenoxy) is 1. The van der Waals surface area contributed by atoms with Gasteiger partial charge in [-0.05, 0) is 93.3 Å². The fraction of sp³-hybridized carbons (Fsp3) is 0.706. The van der Waals surface area contributed by atoms with Crippen LogP contribution in [-0.2, 0) is 42.6 Å². The maximum Gasteiger partial charge on any atom is 0.162 e. The van der Waals surface area contributed by atoms with Gasteiger partial charge in [0, 0.05) is 59.0 Å². The van der Waals surface area contributed by atoms with E-state index in [1.807, 2.05) is 39.0 Å². The van der Waals surface area contributed by atoms with Crippen LogP contribution in [0, 0.1) is 43.9 Å². The molecule has 5 atom stereocenters. The molecule has 2 N–H and O–H groups in total. The molecule has 2 fully saturated rings. The van der Waals surface area contributed by atoms with Crippen molar-refractivity contribution in [3.05, 3.63) is 55.8 Å². The summed E-state index contributed by atoms with van der Waals surface area (Å²) in [7, 11) is 0. The average Bonchev–Trinajstić information content (AvgIpc) is 3.49. The quantitative estimate of drug-likeness (QED) is 0.158. The number of rotatable bonds is 8. The fourth-order valence-electron chi connectivity index (χ4n) is 6.89. The first-order chi connectivity index (χ1) is 20.4. The first-order valence-electron chi connectivity index (χ1n) is 17.1. The normalized spacial score (nSPS) is 28.5. The van der Waals surface area contributed by atoms with Crippen LogP contribution in [0.2, 0.25) is 0 Å². The number of fused-ring (bicyclic) bond motifs is 4. The maximum atomic E-state index is 11.7. The Morgan fingerprint density at radius 3 is 2.54 bits per heavy atom. The Bertz CT molecular complexity index is 1190. The second kappa shape index (κ2) is 15.6. The Balaban J connectivity index is 0.000000286. The van der Waals surface area contributed by atoms with Gasteiger partial charge in [-0.25, -0.2) is 6.42 Å². The van der Waals surface area contributed by atoms with Crippen molar-refractivity contribution in [2.75, 3.05) is 0 Å². The van der Waals surface area contributed by atoms with E-state index < -0.39 is 12.9 Å². The van der Waals surface area contributed by atoms with Crippen molar-refractivity contribution in [3.63, 3.8) is 0 Å². The third kappa shape index (κ3) is 7.70. The Morgan fingerprint density at radius 1 is 1.17 bits per heavy atom. The van der Waals surface area contributed by atoms with Crippen LogP contribution in [0.1, 0.15) is 111 Å². The van der Waals surface area contributed by atoms with Crippen molar-refractivity contribution in [2.45, 2.75) is 131 Å². The molecular weight excluding hydrogens is 709 g/mol. The molecule has 2 saturated heterocycles. The van der Waals surface area contributed by atoms with Crippen molar-refractivity contribution >= 4 is 17.1 Å². The van der Waals surface area contributed by atoms with Crippen LogP contribution < -0.4 is 5.32 Å². The Morgan fingerprint density at radius 2 is 1.88 bits per heavy atom. The molecule has 0 spiro atoms. The SMILES string of the molecule is CCC(CC)C(=O)/C=C(\O)C(CC)CC.[2H]C([2H])([2H])[C@@H]1CCC2[C@@H]3CC[CH-]C([C@H]4Cc5c(sc(C)c5C)C[N-]4)=C3O[C@@H]2N1.[Ir]. The van der Waals surface area contributed by atoms with Gasteiger partial charge in [0.2, 0.25) is 0 Å². The van der Waals surface area contributed by atoms with Crippen LogP contribution in [0.3, 0.4) is 0 Å². The minimum atomic E-state index is -1.96. The summed E-state index contributed by atoms with van der Waals surface area (Å²) in [4.78, 5) is 14.5. The molecule has 41 heavy (non-hydrogen) atoms. The molecule has 4 heterocycles. The van der Waals surface area contributed by atoms with Gasteiger partial charge >= 0.3 is 0 Å². The number of hydrogen-bond donors (Lipinski definition) is 2. The van der Waals surface area contributed by atoms with Gasteiger partial charge in [0.15, 0.2) is 5.78 Å². The van der Waals surface area contributed by atoms with Crippen LogP contribution in [0.15, 0.2) is 23.2 Å². The predicted molar refractivity (Wildman–Crippen MR) is 166 cm³/mol. The van der Waals surface area contributed by atoms with E-state index >= 15 is 0 Å². The number of piperidine rings is 1. The number of allylic oxidation sites excluding steroid dienone is 3. The Hall–Kier alpha value is -1.11. The third-order valence-electron chi connectivity index (χ3n) is 9.66. The number of carbonyl (C=O) groups excluding carboxylic acids is 1. The number of nitrogens with zero attached hydrogens (tertiary/aromatic N) is 1. The van der Waals surface area contributed by atoms with Gasteiger partial charge in [-0.15, -0.1) is 30.3 Å². The van der Waals surface area contributed by atoms with Gasteiger partial charge in [0.1, 0.15) is 6.23 Å². The molecule has 1 unspecified atom stereocenters. The molecule has 5 rings (SSSR count). The minimum absolute atomic E-state index is 0. The molecule has 1 aromatic rings. The monoisotopic (exact) mass is 764 g/mol. The van der Waals surface area contributed by atoms with Crippen LogP contribution in [-0.4, -0.2) is 29.2 Å². The van der Waals surface area contributed by atoms with Gasteiger partial charge in [0.25, 0.3) is 0 Å². The second-order valence-electron chi connectivity index (χ2n) is 12.0. The molecule has 4 aliphatic rings. The zero-order valence-electron chi connectivity index (χ0n) is 28.7. The van der Waals surface area contributed by atoms with Gasteiger partial charge in [0.05, 0.1) is 5.76 Å². The first kappa shape index (κ1) is 29.9. The molecule has 5 nitrogen and oxygen atoms in total. The molecule has 0 amide bonds. The molecular formula is C34H52IrN2O3S-2. The molecule has 233 valence electrons. The number of aliphatic hydroxyl groups is 1. The zero-order chi connectivity index (χ0) is 31.5. The summed E-state index contributed by atoms with van der Waals surface area (Å²) in [6.45, 7) is 11.4. The summed E-state index contributed by atoms with van der Waals surface area (Å²) < 4.78 is 29.7. The molecule has 1 aromatic heterocycles. The van der Waals surface area contributed by atoms with E-state index in [4.69, 9.17) is 14.2 Å². The number of nitrogens with one attached hydrogen (secondary N) is 1. The van der Waals surface area contributed by atoms with Crippen molar-refractivity contribution in [1.82, 2.24) is 5.32 Å². The van der Waals surface area contributed by atoms with Crippen LogP contribution in [0.25, 0.3) is 5.32 Å². The molecule has 0 saturated carbocycles. The molecule has 0 bridgehead atoms. The number of thiophene rings is 1. The maximum absolute atomic E-state index is 11.7. The first-order valence-corrected chi connectivity index (χ1v) is 16.4. The zero-order valence-corrected chi connectivity index (χ0v) is 28.9. The topological polar surface area (TPSA) is 72.7 Å². The summed E-state index contributed by atoms with van der Waals surface area (Å²) in [6.07, 6.45) is 11.9. The van der Waals surface area contributed by atoms with Crippen LogP contribution >= 0.6 is 11.3 Å². The van der Waals surface area contributed by atoms with Crippen molar-refractivity contribution in [2.24, 2.45) is 23.7 Å². The van der Waals surface area contributed by atoms with Gasteiger partial charge < -0.3 is 15.2 Å². The standard InChI is InChI=1S/C21H28N2OS.C13H24O2.Ir/c1-11-7-8-15-14-5-4-6-16(20(14)24-21(15)23-11)18-9-17-12(2)13(3)25-19(17)10-22-18;1-5-10(6-2)12(14)9-13(15)11(7-3)8-4;/h6,11,14-15,18,21,23H,4-5,7-10H2,1-3H3;9-11,14H,5-8H2,1-4H3;/q-2;;/b;12-9-;/t11-,14+,15?,18-,21+;;/m1../s1/i1D3;;. The molecule has 7 heteroatoms. The van der Waals surface area contributed by atoms with Crippen molar-refractivity contribution in [1.29, 1.82) is 0 Å². The van der Waals surface area contributed by atoms with E-state index in [0.717, 1.165) is 63.7 Å². The largest absolute Gasteiger partial charge is 0.653 e. The Labute approximate surface area is 270 Å². The van der Waals surface area contributed by atoms with Gasteiger partial charge in [-0.3, -0.25) is 10.1 Å². The summed E-state index contributed by atoms with van der Waals surface area (Å²) in [5.74, 6) is 2.45. The number of ketones is 1. The molecule has 0 aromatic carbocycles. The molecule has 1 radical (unpaired) electrons. The third-order valence-corrected chi connectivity index (χ3v) is 10.9. The van der Waals surface area contributed by atoms with E-state index in [2.05, 4.69) is 25.6 Å². The van der Waals surface area contributed by atoms with E-state index in [0.29, 0.717) is 18.3 Å².